The molecule has 0 unspecified atom stereocenters. The van der Waals surface area contributed by atoms with Crippen molar-refractivity contribution in [3.63, 3.8) is 0 Å². The Hall–Kier alpha value is -0.514. The number of rotatable bonds is 4. The molecule has 0 N–H and O–H groups in total. The number of halogens is 1. The topological polar surface area (TPSA) is 3.24 Å². The SMILES string of the molecule is CCN(Cc1ccccc1)c1[c-]c(C)ccc1.[Br-].[Mg+2]. The van der Waals surface area contributed by atoms with Crippen molar-refractivity contribution >= 4 is 28.7 Å². The summed E-state index contributed by atoms with van der Waals surface area (Å²) in [6, 6.07) is 20.3. The van der Waals surface area contributed by atoms with Crippen LogP contribution in [-0.4, -0.2) is 29.6 Å². The third kappa shape index (κ3) is 5.55. The molecule has 0 aliphatic rings. The molecule has 2 aromatic rings. The van der Waals surface area contributed by atoms with Gasteiger partial charge in [-0.25, -0.2) is 0 Å². The molecule has 0 aliphatic carbocycles. The Morgan fingerprint density at radius 1 is 1.00 bits per heavy atom. The van der Waals surface area contributed by atoms with Gasteiger partial charge >= 0.3 is 23.1 Å². The average molecular weight is 329 g/mol. The Bertz CT molecular complexity index is 473. The van der Waals surface area contributed by atoms with E-state index in [9.17, 15) is 0 Å². The van der Waals surface area contributed by atoms with Gasteiger partial charge in [0.25, 0.3) is 0 Å². The summed E-state index contributed by atoms with van der Waals surface area (Å²) in [7, 11) is 0. The third-order valence-corrected chi connectivity index (χ3v) is 2.86. The van der Waals surface area contributed by atoms with Crippen LogP contribution in [0.1, 0.15) is 18.1 Å². The van der Waals surface area contributed by atoms with Gasteiger partial charge in [-0.05, 0) is 12.5 Å². The number of hydrogen-bond acceptors (Lipinski definition) is 1. The van der Waals surface area contributed by atoms with Crippen LogP contribution in [-0.2, 0) is 6.54 Å². The molecule has 0 atom stereocenters. The molecule has 0 radical (unpaired) electrons. The second-order valence-corrected chi connectivity index (χ2v) is 4.22. The fourth-order valence-corrected chi connectivity index (χ4v) is 1.92. The molecule has 0 aromatic heterocycles. The van der Waals surface area contributed by atoms with Crippen LogP contribution >= 0.6 is 0 Å². The van der Waals surface area contributed by atoms with E-state index in [1.54, 1.807) is 0 Å². The van der Waals surface area contributed by atoms with Crippen LogP contribution in [0.4, 0.5) is 5.69 Å². The first-order valence-electron chi connectivity index (χ1n) is 6.07. The van der Waals surface area contributed by atoms with Crippen LogP contribution in [0.2, 0.25) is 0 Å². The van der Waals surface area contributed by atoms with Crippen LogP contribution in [0.15, 0.2) is 48.5 Å². The summed E-state index contributed by atoms with van der Waals surface area (Å²) < 4.78 is 0. The third-order valence-electron chi connectivity index (χ3n) is 2.86. The van der Waals surface area contributed by atoms with Gasteiger partial charge in [-0.1, -0.05) is 42.9 Å². The zero-order valence-corrected chi connectivity index (χ0v) is 14.6. The summed E-state index contributed by atoms with van der Waals surface area (Å²) in [6.07, 6.45) is 0. The summed E-state index contributed by atoms with van der Waals surface area (Å²) in [5.41, 5.74) is 3.70. The van der Waals surface area contributed by atoms with Gasteiger partial charge in [-0.2, -0.15) is 23.8 Å². The summed E-state index contributed by atoms with van der Waals surface area (Å²) in [4.78, 5) is 2.34. The molecule has 3 heteroatoms. The van der Waals surface area contributed by atoms with Crippen molar-refractivity contribution < 1.29 is 17.0 Å². The molecule has 1 nitrogen and oxygen atoms in total. The predicted molar refractivity (Wildman–Crippen MR) is 78.9 cm³/mol. The van der Waals surface area contributed by atoms with Crippen molar-refractivity contribution in [3.05, 3.63) is 65.7 Å². The first-order valence-corrected chi connectivity index (χ1v) is 6.07. The monoisotopic (exact) mass is 327 g/mol. The molecule has 96 valence electrons. The summed E-state index contributed by atoms with van der Waals surface area (Å²) in [5, 5.41) is 0. The fourth-order valence-electron chi connectivity index (χ4n) is 1.92. The van der Waals surface area contributed by atoms with E-state index in [4.69, 9.17) is 0 Å². The molecule has 2 rings (SSSR count). The first-order chi connectivity index (χ1) is 8.29. The van der Waals surface area contributed by atoms with Gasteiger partial charge in [-0.15, -0.1) is 6.07 Å². The average Bonchev–Trinajstić information content (AvgIpc) is 2.37. The zero-order chi connectivity index (χ0) is 12.1. The minimum Gasteiger partial charge on any atom is -1.00 e. The van der Waals surface area contributed by atoms with Gasteiger partial charge < -0.3 is 21.9 Å². The van der Waals surface area contributed by atoms with E-state index >= 15 is 0 Å². The van der Waals surface area contributed by atoms with E-state index in [2.05, 4.69) is 73.3 Å². The van der Waals surface area contributed by atoms with E-state index in [1.165, 1.54) is 16.8 Å². The van der Waals surface area contributed by atoms with Crippen LogP contribution in [0.5, 0.6) is 0 Å². The summed E-state index contributed by atoms with van der Waals surface area (Å²) >= 11 is 0. The number of anilines is 1. The molecule has 2 aromatic carbocycles. The summed E-state index contributed by atoms with van der Waals surface area (Å²) in [5.74, 6) is 0. The maximum atomic E-state index is 3.40. The molecule has 0 heterocycles. The van der Waals surface area contributed by atoms with Gasteiger partial charge in [0, 0.05) is 13.1 Å². The molecule has 0 bridgehead atoms. The van der Waals surface area contributed by atoms with E-state index < -0.39 is 0 Å². The molecule has 0 saturated carbocycles. The minimum absolute atomic E-state index is 0. The number of aryl methyl sites for hydroxylation is 1. The van der Waals surface area contributed by atoms with Gasteiger partial charge in [0.15, 0.2) is 0 Å². The zero-order valence-electron chi connectivity index (χ0n) is 11.6. The maximum Gasteiger partial charge on any atom is 2.00 e. The minimum atomic E-state index is 0. The Labute approximate surface area is 142 Å². The van der Waals surface area contributed by atoms with Crippen molar-refractivity contribution in [1.29, 1.82) is 0 Å². The smallest absolute Gasteiger partial charge is 1.00 e. The second-order valence-electron chi connectivity index (χ2n) is 4.22. The molecule has 0 amide bonds. The van der Waals surface area contributed by atoms with Gasteiger partial charge in [0.2, 0.25) is 0 Å². The summed E-state index contributed by atoms with van der Waals surface area (Å²) in [6.45, 7) is 6.20. The standard InChI is InChI=1S/C16H18N.BrH.Mg/c1-3-17(13-15-9-5-4-6-10-15)16-11-7-8-14(2)12-16;;/h4-11H,3,13H2,1-2H3;1H;/q-1;;+2/p-1. The van der Waals surface area contributed by atoms with E-state index in [0.29, 0.717) is 0 Å². The predicted octanol–water partition coefficient (Wildman–Crippen LogP) is 0.445. The molecule has 0 fully saturated rings. The van der Waals surface area contributed by atoms with Gasteiger partial charge in [0.05, 0.1) is 0 Å². The van der Waals surface area contributed by atoms with Crippen LogP contribution in [0, 0.1) is 13.0 Å². The molecule has 19 heavy (non-hydrogen) atoms. The molecular weight excluding hydrogens is 310 g/mol. The molecular formula is C16H18BrMgN. The van der Waals surface area contributed by atoms with Crippen molar-refractivity contribution in [1.82, 2.24) is 0 Å². The Morgan fingerprint density at radius 2 is 1.68 bits per heavy atom. The van der Waals surface area contributed by atoms with Crippen LogP contribution < -0.4 is 21.9 Å². The Balaban J connectivity index is 0.00000162. The fraction of sp³-hybridized carbons (Fsp3) is 0.250. The van der Waals surface area contributed by atoms with Crippen molar-refractivity contribution in [3.8, 4) is 0 Å². The Kier molecular flexibility index (Phi) is 9.15. The number of benzene rings is 2. The number of nitrogens with zero attached hydrogens (tertiary/aromatic N) is 1. The molecule has 0 spiro atoms. The largest absolute Gasteiger partial charge is 2.00 e. The van der Waals surface area contributed by atoms with E-state index in [1.807, 2.05) is 0 Å². The first kappa shape index (κ1) is 18.5. The van der Waals surface area contributed by atoms with Gasteiger partial charge in [-0.3, -0.25) is 0 Å². The van der Waals surface area contributed by atoms with E-state index in [0.717, 1.165) is 13.1 Å². The Morgan fingerprint density at radius 3 is 2.26 bits per heavy atom. The molecule has 0 aliphatic heterocycles. The van der Waals surface area contributed by atoms with E-state index in [-0.39, 0.29) is 40.0 Å². The number of hydrogen-bond donors (Lipinski definition) is 0. The quantitative estimate of drug-likeness (QED) is 0.582. The maximum absolute atomic E-state index is 3.40. The second kappa shape index (κ2) is 9.40. The van der Waals surface area contributed by atoms with Gasteiger partial charge in [0.1, 0.15) is 0 Å². The normalized spacial score (nSPS) is 9.16. The van der Waals surface area contributed by atoms with Crippen LogP contribution in [0.25, 0.3) is 0 Å². The van der Waals surface area contributed by atoms with Crippen molar-refractivity contribution in [2.45, 2.75) is 20.4 Å². The van der Waals surface area contributed by atoms with Crippen molar-refractivity contribution in [2.75, 3.05) is 11.4 Å². The molecule has 0 saturated heterocycles. The van der Waals surface area contributed by atoms with Crippen LogP contribution in [0.3, 0.4) is 0 Å². The van der Waals surface area contributed by atoms with Crippen molar-refractivity contribution in [2.24, 2.45) is 0 Å².